The van der Waals surface area contributed by atoms with Crippen LogP contribution in [0.25, 0.3) is 0 Å². The molecule has 2 heteroatoms. The molecule has 3 aliphatic rings. The van der Waals surface area contributed by atoms with Gasteiger partial charge in [-0.15, -0.1) is 0 Å². The van der Waals surface area contributed by atoms with Crippen LogP contribution in [0.5, 0.6) is 0 Å². The fourth-order valence-electron chi connectivity index (χ4n) is 2.81. The van der Waals surface area contributed by atoms with E-state index in [0.29, 0.717) is 11.8 Å². The van der Waals surface area contributed by atoms with E-state index in [9.17, 15) is 0 Å². The normalized spacial score (nSPS) is 42.5. The Hall–Kier alpha value is -1.02. The lowest BCUT2D eigenvalue weighted by Gasteiger charge is -2.33. The minimum atomic E-state index is -0.100. The summed E-state index contributed by atoms with van der Waals surface area (Å²) in [7, 11) is 0. The van der Waals surface area contributed by atoms with Crippen molar-refractivity contribution in [2.24, 2.45) is 11.8 Å². The highest BCUT2D eigenvalue weighted by atomic mass is 16.7. The number of ether oxygens (including phenoxy) is 2. The molecule has 80 valence electrons. The SMILES string of the molecule is CC1OC2=C3C=CC=CC3CC2C(C)O1. The molecule has 0 aromatic rings. The van der Waals surface area contributed by atoms with E-state index in [2.05, 4.69) is 31.2 Å². The summed E-state index contributed by atoms with van der Waals surface area (Å²) in [4.78, 5) is 0. The molecule has 0 aromatic carbocycles. The third kappa shape index (κ3) is 1.36. The van der Waals surface area contributed by atoms with Crippen LogP contribution in [-0.2, 0) is 9.47 Å². The Bertz CT molecular complexity index is 365. The fraction of sp³-hybridized carbons (Fsp3) is 0.538. The molecule has 2 aliphatic carbocycles. The largest absolute Gasteiger partial charge is 0.469 e. The summed E-state index contributed by atoms with van der Waals surface area (Å²) < 4.78 is 11.5. The summed E-state index contributed by atoms with van der Waals surface area (Å²) in [6.45, 7) is 4.12. The summed E-state index contributed by atoms with van der Waals surface area (Å²) in [6.07, 6.45) is 9.99. The second kappa shape index (κ2) is 3.24. The van der Waals surface area contributed by atoms with Crippen molar-refractivity contribution in [2.45, 2.75) is 32.7 Å². The summed E-state index contributed by atoms with van der Waals surface area (Å²) in [5.74, 6) is 2.17. The third-order valence-electron chi connectivity index (χ3n) is 3.52. The van der Waals surface area contributed by atoms with E-state index in [1.54, 1.807) is 0 Å². The predicted octanol–water partition coefficient (Wildman–Crippen LogP) is 2.78. The van der Waals surface area contributed by atoms with Crippen molar-refractivity contribution in [1.82, 2.24) is 0 Å². The molecule has 0 amide bonds. The standard InChI is InChI=1S/C13H16O2/c1-8-12-7-10-5-3-4-6-11(10)13(12)15-9(2)14-8/h3-6,8-10,12H,7H2,1-2H3. The number of hydrogen-bond acceptors (Lipinski definition) is 2. The van der Waals surface area contributed by atoms with Gasteiger partial charge in [0.2, 0.25) is 0 Å². The Kier molecular flexibility index (Phi) is 1.99. The van der Waals surface area contributed by atoms with Gasteiger partial charge in [0.1, 0.15) is 5.76 Å². The van der Waals surface area contributed by atoms with Crippen molar-refractivity contribution < 1.29 is 9.47 Å². The average Bonchev–Trinajstić information content (AvgIpc) is 2.57. The molecular formula is C13H16O2. The van der Waals surface area contributed by atoms with Gasteiger partial charge in [-0.05, 0) is 25.8 Å². The van der Waals surface area contributed by atoms with Crippen LogP contribution < -0.4 is 0 Å². The van der Waals surface area contributed by atoms with Crippen molar-refractivity contribution in [3.05, 3.63) is 35.6 Å². The first-order valence-electron chi connectivity index (χ1n) is 5.67. The van der Waals surface area contributed by atoms with Crippen molar-refractivity contribution in [3.63, 3.8) is 0 Å². The Morgan fingerprint density at radius 2 is 2.13 bits per heavy atom. The molecule has 4 unspecified atom stereocenters. The van der Waals surface area contributed by atoms with Gasteiger partial charge in [-0.3, -0.25) is 0 Å². The maximum absolute atomic E-state index is 5.82. The van der Waals surface area contributed by atoms with Gasteiger partial charge in [0.25, 0.3) is 0 Å². The lowest BCUT2D eigenvalue weighted by Crippen LogP contribution is -2.33. The van der Waals surface area contributed by atoms with Crippen molar-refractivity contribution >= 4 is 0 Å². The van der Waals surface area contributed by atoms with Crippen LogP contribution in [-0.4, -0.2) is 12.4 Å². The van der Waals surface area contributed by atoms with Crippen LogP contribution in [0.2, 0.25) is 0 Å². The van der Waals surface area contributed by atoms with Crippen molar-refractivity contribution in [1.29, 1.82) is 0 Å². The molecule has 0 bridgehead atoms. The van der Waals surface area contributed by atoms with Crippen molar-refractivity contribution in [2.75, 3.05) is 0 Å². The zero-order chi connectivity index (χ0) is 10.4. The molecular weight excluding hydrogens is 188 g/mol. The molecule has 4 atom stereocenters. The van der Waals surface area contributed by atoms with Crippen LogP contribution in [0.3, 0.4) is 0 Å². The number of fused-ring (bicyclic) bond motifs is 2. The molecule has 1 heterocycles. The minimum absolute atomic E-state index is 0.100. The Balaban J connectivity index is 1.99. The monoisotopic (exact) mass is 204 g/mol. The zero-order valence-corrected chi connectivity index (χ0v) is 9.14. The molecule has 0 aromatic heterocycles. The van der Waals surface area contributed by atoms with Gasteiger partial charge in [0.15, 0.2) is 6.29 Å². The smallest absolute Gasteiger partial charge is 0.196 e. The maximum Gasteiger partial charge on any atom is 0.196 e. The number of rotatable bonds is 0. The van der Waals surface area contributed by atoms with Crippen LogP contribution >= 0.6 is 0 Å². The highest BCUT2D eigenvalue weighted by Gasteiger charge is 2.41. The van der Waals surface area contributed by atoms with E-state index in [0.717, 1.165) is 6.42 Å². The lowest BCUT2D eigenvalue weighted by molar-refractivity contribution is -0.188. The van der Waals surface area contributed by atoms with Gasteiger partial charge in [-0.25, -0.2) is 0 Å². The first-order valence-corrected chi connectivity index (χ1v) is 5.67. The van der Waals surface area contributed by atoms with Crippen molar-refractivity contribution in [3.8, 4) is 0 Å². The fourth-order valence-corrected chi connectivity index (χ4v) is 2.81. The third-order valence-corrected chi connectivity index (χ3v) is 3.52. The predicted molar refractivity (Wildman–Crippen MR) is 58.0 cm³/mol. The summed E-state index contributed by atoms with van der Waals surface area (Å²) in [6, 6.07) is 0. The van der Waals surface area contributed by atoms with Crippen LogP contribution in [0.4, 0.5) is 0 Å². The van der Waals surface area contributed by atoms with Gasteiger partial charge < -0.3 is 9.47 Å². The number of hydrogen-bond donors (Lipinski definition) is 0. The Morgan fingerprint density at radius 3 is 3.00 bits per heavy atom. The van der Waals surface area contributed by atoms with E-state index >= 15 is 0 Å². The van der Waals surface area contributed by atoms with Crippen LogP contribution in [0, 0.1) is 11.8 Å². The Labute approximate surface area is 90.3 Å². The van der Waals surface area contributed by atoms with Crippen LogP contribution in [0.1, 0.15) is 20.3 Å². The Morgan fingerprint density at radius 1 is 1.27 bits per heavy atom. The summed E-state index contributed by atoms with van der Waals surface area (Å²) >= 11 is 0. The summed E-state index contributed by atoms with van der Waals surface area (Å²) in [5, 5.41) is 0. The van der Waals surface area contributed by atoms with Gasteiger partial charge >= 0.3 is 0 Å². The molecule has 0 spiro atoms. The van der Waals surface area contributed by atoms with Crippen LogP contribution in [0.15, 0.2) is 35.6 Å². The second-order valence-electron chi connectivity index (χ2n) is 4.54. The maximum atomic E-state index is 5.82. The van der Waals surface area contributed by atoms with E-state index in [1.807, 2.05) is 6.92 Å². The first kappa shape index (κ1) is 9.22. The molecule has 2 nitrogen and oxygen atoms in total. The molecule has 0 radical (unpaired) electrons. The average molecular weight is 204 g/mol. The molecule has 15 heavy (non-hydrogen) atoms. The topological polar surface area (TPSA) is 18.5 Å². The van der Waals surface area contributed by atoms with Gasteiger partial charge in [0.05, 0.1) is 6.10 Å². The molecule has 0 N–H and O–H groups in total. The summed E-state index contributed by atoms with van der Waals surface area (Å²) in [5.41, 5.74) is 1.37. The van der Waals surface area contributed by atoms with E-state index in [4.69, 9.17) is 9.47 Å². The van der Waals surface area contributed by atoms with E-state index < -0.39 is 0 Å². The number of allylic oxidation sites excluding steroid dienone is 5. The molecule has 1 fully saturated rings. The second-order valence-corrected chi connectivity index (χ2v) is 4.54. The molecule has 0 saturated carbocycles. The molecule has 1 aliphatic heterocycles. The lowest BCUT2D eigenvalue weighted by atomic mass is 9.94. The molecule has 3 rings (SSSR count). The highest BCUT2D eigenvalue weighted by molar-refractivity contribution is 5.40. The highest BCUT2D eigenvalue weighted by Crippen LogP contribution is 2.45. The van der Waals surface area contributed by atoms with Gasteiger partial charge in [-0.2, -0.15) is 0 Å². The minimum Gasteiger partial charge on any atom is -0.469 e. The van der Waals surface area contributed by atoms with Gasteiger partial charge in [-0.1, -0.05) is 24.3 Å². The van der Waals surface area contributed by atoms with E-state index in [1.165, 1.54) is 11.3 Å². The zero-order valence-electron chi connectivity index (χ0n) is 9.14. The first-order chi connectivity index (χ1) is 7.25. The quantitative estimate of drug-likeness (QED) is 0.604. The van der Waals surface area contributed by atoms with E-state index in [-0.39, 0.29) is 12.4 Å². The van der Waals surface area contributed by atoms with Gasteiger partial charge in [0, 0.05) is 11.8 Å². The molecule has 1 saturated heterocycles.